The summed E-state index contributed by atoms with van der Waals surface area (Å²) in [7, 11) is 0. The van der Waals surface area contributed by atoms with Gasteiger partial charge in [0.1, 0.15) is 5.75 Å². The Kier molecular flexibility index (Phi) is 2.74. The highest BCUT2D eigenvalue weighted by molar-refractivity contribution is 5.40. The van der Waals surface area contributed by atoms with Crippen molar-refractivity contribution in [3.05, 3.63) is 28.8 Å². The molecule has 0 saturated heterocycles. The van der Waals surface area contributed by atoms with Gasteiger partial charge >= 0.3 is 0 Å². The van der Waals surface area contributed by atoms with Gasteiger partial charge in [-0.2, -0.15) is 0 Å². The minimum Gasteiger partial charge on any atom is -0.508 e. The topological polar surface area (TPSA) is 20.2 Å². The minimum atomic E-state index is 0.410. The molecule has 1 aromatic carbocycles. The molecule has 0 heterocycles. The lowest BCUT2D eigenvalue weighted by molar-refractivity contribution is 0.470. The predicted octanol–water partition coefficient (Wildman–Crippen LogP) is 2.96. The summed E-state index contributed by atoms with van der Waals surface area (Å²) >= 11 is 0. The Bertz CT molecular complexity index is 277. The van der Waals surface area contributed by atoms with Crippen LogP contribution < -0.4 is 0 Å². The van der Waals surface area contributed by atoms with Crippen LogP contribution in [0.5, 0.6) is 5.75 Å². The van der Waals surface area contributed by atoms with E-state index >= 15 is 0 Å². The first-order valence-corrected chi connectivity index (χ1v) is 4.44. The third-order valence-electron chi connectivity index (χ3n) is 2.17. The van der Waals surface area contributed by atoms with Gasteiger partial charge in [0.2, 0.25) is 0 Å². The zero-order valence-corrected chi connectivity index (χ0v) is 8.02. The smallest absolute Gasteiger partial charge is 0.118 e. The summed E-state index contributed by atoms with van der Waals surface area (Å²) in [4.78, 5) is 0. The van der Waals surface area contributed by atoms with E-state index in [4.69, 9.17) is 0 Å². The van der Waals surface area contributed by atoms with Crippen molar-refractivity contribution in [2.75, 3.05) is 0 Å². The number of aryl methyl sites for hydroxylation is 3. The van der Waals surface area contributed by atoms with Gasteiger partial charge in [-0.05, 0) is 43.0 Å². The van der Waals surface area contributed by atoms with E-state index in [1.54, 1.807) is 0 Å². The molecule has 0 unspecified atom stereocenters. The summed E-state index contributed by atoms with van der Waals surface area (Å²) in [6.45, 7) is 6.15. The van der Waals surface area contributed by atoms with Gasteiger partial charge < -0.3 is 5.11 Å². The van der Waals surface area contributed by atoms with Crippen LogP contribution in [0, 0.1) is 13.8 Å². The summed E-state index contributed by atoms with van der Waals surface area (Å²) in [5, 5.41) is 9.39. The van der Waals surface area contributed by atoms with Crippen molar-refractivity contribution >= 4 is 0 Å². The molecule has 66 valence electrons. The predicted molar refractivity (Wildman–Crippen MR) is 51.6 cm³/mol. The second-order valence-corrected chi connectivity index (χ2v) is 3.32. The van der Waals surface area contributed by atoms with Crippen LogP contribution in [0.25, 0.3) is 0 Å². The summed E-state index contributed by atoms with van der Waals surface area (Å²) in [6.07, 6.45) is 2.26. The van der Waals surface area contributed by atoms with E-state index < -0.39 is 0 Å². The highest BCUT2D eigenvalue weighted by atomic mass is 16.3. The Hall–Kier alpha value is -0.980. The Morgan fingerprint density at radius 1 is 1.17 bits per heavy atom. The fourth-order valence-electron chi connectivity index (χ4n) is 1.40. The van der Waals surface area contributed by atoms with E-state index in [0.29, 0.717) is 5.75 Å². The fraction of sp³-hybridized carbons (Fsp3) is 0.455. The Morgan fingerprint density at radius 3 is 2.42 bits per heavy atom. The van der Waals surface area contributed by atoms with Gasteiger partial charge in [-0.1, -0.05) is 19.4 Å². The zero-order chi connectivity index (χ0) is 9.14. The lowest BCUT2D eigenvalue weighted by Gasteiger charge is -2.07. The van der Waals surface area contributed by atoms with E-state index in [1.165, 1.54) is 11.1 Å². The van der Waals surface area contributed by atoms with Crippen molar-refractivity contribution in [2.24, 2.45) is 0 Å². The number of aromatic hydroxyl groups is 1. The normalized spacial score (nSPS) is 10.2. The third kappa shape index (κ3) is 1.79. The summed E-state index contributed by atoms with van der Waals surface area (Å²) < 4.78 is 0. The summed E-state index contributed by atoms with van der Waals surface area (Å²) in [6, 6.07) is 3.93. The fourth-order valence-corrected chi connectivity index (χ4v) is 1.40. The first-order valence-electron chi connectivity index (χ1n) is 4.44. The second kappa shape index (κ2) is 3.61. The first-order chi connectivity index (χ1) is 5.65. The standard InChI is InChI=1S/C11H16O/c1-4-5-10-6-9(3)11(12)7-8(10)2/h6-7,12H,4-5H2,1-3H3. The number of benzene rings is 1. The summed E-state index contributed by atoms with van der Waals surface area (Å²) in [5.41, 5.74) is 3.52. The number of hydrogen-bond acceptors (Lipinski definition) is 1. The Balaban J connectivity index is 3.05. The molecule has 0 atom stereocenters. The molecule has 0 amide bonds. The van der Waals surface area contributed by atoms with Gasteiger partial charge in [0.15, 0.2) is 0 Å². The number of phenolic OH excluding ortho intramolecular Hbond substituents is 1. The maximum Gasteiger partial charge on any atom is 0.118 e. The highest BCUT2D eigenvalue weighted by Crippen LogP contribution is 2.21. The van der Waals surface area contributed by atoms with Gasteiger partial charge in [-0.15, -0.1) is 0 Å². The van der Waals surface area contributed by atoms with Crippen molar-refractivity contribution in [2.45, 2.75) is 33.6 Å². The van der Waals surface area contributed by atoms with Crippen LogP contribution in [0.3, 0.4) is 0 Å². The quantitative estimate of drug-likeness (QED) is 0.712. The highest BCUT2D eigenvalue weighted by Gasteiger charge is 2.01. The molecule has 0 radical (unpaired) electrons. The molecule has 0 aliphatic heterocycles. The molecular weight excluding hydrogens is 148 g/mol. The Labute approximate surface area is 74.1 Å². The summed E-state index contributed by atoms with van der Waals surface area (Å²) in [5.74, 6) is 0.410. The molecule has 0 spiro atoms. The average molecular weight is 164 g/mol. The van der Waals surface area contributed by atoms with Crippen LogP contribution in [-0.4, -0.2) is 5.11 Å². The van der Waals surface area contributed by atoms with Crippen LogP contribution in [-0.2, 0) is 6.42 Å². The van der Waals surface area contributed by atoms with Crippen molar-refractivity contribution < 1.29 is 5.11 Å². The maximum atomic E-state index is 9.39. The van der Waals surface area contributed by atoms with Crippen molar-refractivity contribution in [3.8, 4) is 5.75 Å². The largest absolute Gasteiger partial charge is 0.508 e. The Morgan fingerprint density at radius 2 is 1.83 bits per heavy atom. The molecule has 0 saturated carbocycles. The van der Waals surface area contributed by atoms with Crippen molar-refractivity contribution in [1.29, 1.82) is 0 Å². The van der Waals surface area contributed by atoms with E-state index in [0.717, 1.165) is 18.4 Å². The molecule has 0 bridgehead atoms. The molecule has 1 nitrogen and oxygen atoms in total. The lowest BCUT2D eigenvalue weighted by Crippen LogP contribution is -1.89. The van der Waals surface area contributed by atoms with Gasteiger partial charge in [0, 0.05) is 0 Å². The first kappa shape index (κ1) is 9.11. The van der Waals surface area contributed by atoms with Gasteiger partial charge in [0.25, 0.3) is 0 Å². The van der Waals surface area contributed by atoms with Gasteiger partial charge in [0.05, 0.1) is 0 Å². The van der Waals surface area contributed by atoms with Crippen LogP contribution in [0.2, 0.25) is 0 Å². The molecule has 1 rings (SSSR count). The molecule has 1 aromatic rings. The average Bonchev–Trinajstić information content (AvgIpc) is 2.01. The van der Waals surface area contributed by atoms with Gasteiger partial charge in [-0.3, -0.25) is 0 Å². The van der Waals surface area contributed by atoms with Crippen molar-refractivity contribution in [1.82, 2.24) is 0 Å². The van der Waals surface area contributed by atoms with E-state index in [1.807, 2.05) is 19.9 Å². The third-order valence-corrected chi connectivity index (χ3v) is 2.17. The van der Waals surface area contributed by atoms with Crippen LogP contribution >= 0.6 is 0 Å². The van der Waals surface area contributed by atoms with E-state index in [9.17, 15) is 5.11 Å². The maximum absolute atomic E-state index is 9.39. The van der Waals surface area contributed by atoms with Crippen LogP contribution in [0.1, 0.15) is 30.0 Å². The monoisotopic (exact) mass is 164 g/mol. The zero-order valence-electron chi connectivity index (χ0n) is 8.02. The number of rotatable bonds is 2. The van der Waals surface area contributed by atoms with E-state index in [-0.39, 0.29) is 0 Å². The molecule has 0 aromatic heterocycles. The molecule has 0 aliphatic carbocycles. The molecule has 0 aliphatic rings. The van der Waals surface area contributed by atoms with Crippen LogP contribution in [0.4, 0.5) is 0 Å². The van der Waals surface area contributed by atoms with Crippen molar-refractivity contribution in [3.63, 3.8) is 0 Å². The molecule has 12 heavy (non-hydrogen) atoms. The van der Waals surface area contributed by atoms with Crippen LogP contribution in [0.15, 0.2) is 12.1 Å². The second-order valence-electron chi connectivity index (χ2n) is 3.32. The molecular formula is C11H16O. The molecule has 0 fully saturated rings. The SMILES string of the molecule is CCCc1cc(C)c(O)cc1C. The molecule has 1 N–H and O–H groups in total. The number of phenols is 1. The number of hydrogen-bond donors (Lipinski definition) is 1. The lowest BCUT2D eigenvalue weighted by atomic mass is 10.0. The molecule has 1 heteroatoms. The van der Waals surface area contributed by atoms with E-state index in [2.05, 4.69) is 13.0 Å². The minimum absolute atomic E-state index is 0.410. The van der Waals surface area contributed by atoms with Gasteiger partial charge in [-0.25, -0.2) is 0 Å².